The first kappa shape index (κ1) is 16.8. The van der Waals surface area contributed by atoms with E-state index in [0.717, 1.165) is 24.2 Å². The van der Waals surface area contributed by atoms with Gasteiger partial charge in [0, 0.05) is 0 Å². The second-order valence-corrected chi connectivity index (χ2v) is 6.74. The Kier molecular flexibility index (Phi) is 4.76. The molecule has 1 aromatic carbocycles. The number of carbonyl (C=O) groups excluding carboxylic acids is 2. The molecule has 3 unspecified atom stereocenters. The summed E-state index contributed by atoms with van der Waals surface area (Å²) in [6.07, 6.45) is 2.70. The van der Waals surface area contributed by atoms with E-state index in [0.29, 0.717) is 12.2 Å². The number of imide groups is 1. The molecule has 0 bridgehead atoms. The van der Waals surface area contributed by atoms with Crippen LogP contribution in [0.15, 0.2) is 30.3 Å². The van der Waals surface area contributed by atoms with E-state index in [9.17, 15) is 14.7 Å². The zero-order chi connectivity index (χ0) is 17.2. The number of urea groups is 1. The van der Waals surface area contributed by atoms with Crippen molar-refractivity contribution in [3.8, 4) is 5.75 Å². The van der Waals surface area contributed by atoms with Gasteiger partial charge in [0.25, 0.3) is 5.91 Å². The second-order valence-electron chi connectivity index (χ2n) is 6.74. The SMILES string of the molecule is CC1CCCCC12NC(=O)N(CC(O)COc1ccccc1)C2=O. The maximum atomic E-state index is 12.8. The fourth-order valence-corrected chi connectivity index (χ4v) is 3.63. The zero-order valence-corrected chi connectivity index (χ0v) is 13.9. The van der Waals surface area contributed by atoms with Gasteiger partial charge < -0.3 is 15.2 Å². The molecule has 1 spiro atoms. The van der Waals surface area contributed by atoms with Gasteiger partial charge in [0.15, 0.2) is 0 Å². The predicted octanol–water partition coefficient (Wildman–Crippen LogP) is 1.93. The quantitative estimate of drug-likeness (QED) is 0.808. The molecule has 2 fully saturated rings. The van der Waals surface area contributed by atoms with Crippen LogP contribution >= 0.6 is 0 Å². The normalized spacial score (nSPS) is 28.1. The van der Waals surface area contributed by atoms with Gasteiger partial charge in [0.05, 0.1) is 6.54 Å². The summed E-state index contributed by atoms with van der Waals surface area (Å²) in [7, 11) is 0. The molecule has 130 valence electrons. The van der Waals surface area contributed by atoms with Crippen LogP contribution in [-0.4, -0.2) is 46.7 Å². The number of rotatable bonds is 5. The maximum Gasteiger partial charge on any atom is 0.325 e. The molecule has 1 aliphatic heterocycles. The second kappa shape index (κ2) is 6.81. The Bertz CT molecular complexity index is 606. The van der Waals surface area contributed by atoms with E-state index in [2.05, 4.69) is 5.32 Å². The van der Waals surface area contributed by atoms with Crippen LogP contribution in [0.2, 0.25) is 0 Å². The summed E-state index contributed by atoms with van der Waals surface area (Å²) in [5, 5.41) is 13.0. The molecule has 3 atom stereocenters. The van der Waals surface area contributed by atoms with Gasteiger partial charge >= 0.3 is 6.03 Å². The summed E-state index contributed by atoms with van der Waals surface area (Å²) >= 11 is 0. The van der Waals surface area contributed by atoms with Crippen LogP contribution in [-0.2, 0) is 4.79 Å². The van der Waals surface area contributed by atoms with E-state index in [1.165, 1.54) is 0 Å². The molecule has 0 aromatic heterocycles. The Morgan fingerprint density at radius 1 is 1.33 bits per heavy atom. The topological polar surface area (TPSA) is 78.9 Å². The summed E-state index contributed by atoms with van der Waals surface area (Å²) in [5.74, 6) is 0.551. The minimum Gasteiger partial charge on any atom is -0.491 e. The third-order valence-electron chi connectivity index (χ3n) is 5.08. The number of nitrogens with one attached hydrogen (secondary N) is 1. The van der Waals surface area contributed by atoms with Gasteiger partial charge in [-0.1, -0.05) is 38.0 Å². The van der Waals surface area contributed by atoms with E-state index in [-0.39, 0.29) is 25.0 Å². The third kappa shape index (κ3) is 3.11. The number of β-amino-alcohol motifs (C(OH)–C–C–N with tert-alkyl or cyclic N) is 1. The smallest absolute Gasteiger partial charge is 0.325 e. The summed E-state index contributed by atoms with van der Waals surface area (Å²) in [4.78, 5) is 26.2. The molecule has 2 aliphatic rings. The van der Waals surface area contributed by atoms with Crippen molar-refractivity contribution in [2.45, 2.75) is 44.2 Å². The Labute approximate surface area is 141 Å². The summed E-state index contributed by atoms with van der Waals surface area (Å²) < 4.78 is 5.49. The van der Waals surface area contributed by atoms with E-state index < -0.39 is 17.7 Å². The summed E-state index contributed by atoms with van der Waals surface area (Å²) in [6.45, 7) is 1.99. The Morgan fingerprint density at radius 2 is 2.08 bits per heavy atom. The van der Waals surface area contributed by atoms with Crippen molar-refractivity contribution < 1.29 is 19.4 Å². The van der Waals surface area contributed by atoms with E-state index in [1.807, 2.05) is 25.1 Å². The van der Waals surface area contributed by atoms with E-state index in [1.54, 1.807) is 12.1 Å². The molecule has 1 saturated carbocycles. The van der Waals surface area contributed by atoms with Crippen LogP contribution in [0.4, 0.5) is 4.79 Å². The largest absolute Gasteiger partial charge is 0.491 e. The van der Waals surface area contributed by atoms with Crippen LogP contribution < -0.4 is 10.1 Å². The number of hydrogen-bond acceptors (Lipinski definition) is 4. The number of amides is 3. The van der Waals surface area contributed by atoms with Gasteiger partial charge in [-0.05, 0) is 30.9 Å². The highest BCUT2D eigenvalue weighted by molar-refractivity contribution is 6.07. The fraction of sp³-hybridized carbons (Fsp3) is 0.556. The molecule has 2 N–H and O–H groups in total. The Balaban J connectivity index is 1.60. The number of para-hydroxylation sites is 1. The average molecular weight is 332 g/mol. The first-order chi connectivity index (χ1) is 11.5. The van der Waals surface area contributed by atoms with E-state index in [4.69, 9.17) is 4.74 Å². The lowest BCUT2D eigenvalue weighted by atomic mass is 9.73. The van der Waals surface area contributed by atoms with Crippen LogP contribution in [0.1, 0.15) is 32.6 Å². The molecular formula is C18H24N2O4. The molecule has 1 aromatic rings. The summed E-state index contributed by atoms with van der Waals surface area (Å²) in [6, 6.07) is 8.73. The number of hydrogen-bond donors (Lipinski definition) is 2. The first-order valence-corrected chi connectivity index (χ1v) is 8.53. The van der Waals surface area contributed by atoms with Crippen molar-refractivity contribution in [2.75, 3.05) is 13.2 Å². The molecule has 24 heavy (non-hydrogen) atoms. The minimum absolute atomic E-state index is 0.0314. The predicted molar refractivity (Wildman–Crippen MR) is 88.6 cm³/mol. The monoisotopic (exact) mass is 332 g/mol. The van der Waals surface area contributed by atoms with Gasteiger partial charge in [-0.2, -0.15) is 0 Å². The fourth-order valence-electron chi connectivity index (χ4n) is 3.63. The number of benzene rings is 1. The average Bonchev–Trinajstić information content (AvgIpc) is 2.82. The highest BCUT2D eigenvalue weighted by atomic mass is 16.5. The number of aliphatic hydroxyl groups is 1. The molecule has 1 saturated heterocycles. The Hall–Kier alpha value is -2.08. The van der Waals surface area contributed by atoms with Gasteiger partial charge in [0.2, 0.25) is 0 Å². The molecule has 1 aliphatic carbocycles. The van der Waals surface area contributed by atoms with Gasteiger partial charge in [-0.25, -0.2) is 4.79 Å². The highest BCUT2D eigenvalue weighted by Gasteiger charge is 2.54. The lowest BCUT2D eigenvalue weighted by Crippen LogP contribution is -2.54. The number of carbonyl (C=O) groups is 2. The number of ether oxygens (including phenoxy) is 1. The summed E-state index contributed by atoms with van der Waals surface area (Å²) in [5.41, 5.74) is -0.782. The van der Waals surface area contributed by atoms with Gasteiger partial charge in [-0.15, -0.1) is 0 Å². The lowest BCUT2D eigenvalue weighted by Gasteiger charge is -2.36. The highest BCUT2D eigenvalue weighted by Crippen LogP contribution is 2.38. The third-order valence-corrected chi connectivity index (χ3v) is 5.08. The minimum atomic E-state index is -0.922. The van der Waals surface area contributed by atoms with Crippen molar-refractivity contribution >= 4 is 11.9 Å². The Morgan fingerprint density at radius 3 is 2.79 bits per heavy atom. The first-order valence-electron chi connectivity index (χ1n) is 8.53. The molecule has 3 amide bonds. The van der Waals surface area contributed by atoms with Crippen LogP contribution in [0.3, 0.4) is 0 Å². The van der Waals surface area contributed by atoms with Gasteiger partial charge in [0.1, 0.15) is 24.0 Å². The van der Waals surface area contributed by atoms with Crippen LogP contribution in [0, 0.1) is 5.92 Å². The van der Waals surface area contributed by atoms with Gasteiger partial charge in [-0.3, -0.25) is 9.69 Å². The van der Waals surface area contributed by atoms with Crippen molar-refractivity contribution in [3.05, 3.63) is 30.3 Å². The molecule has 6 nitrogen and oxygen atoms in total. The molecule has 1 heterocycles. The molecular weight excluding hydrogens is 308 g/mol. The van der Waals surface area contributed by atoms with Crippen LogP contribution in [0.5, 0.6) is 5.75 Å². The molecule has 6 heteroatoms. The van der Waals surface area contributed by atoms with Crippen LogP contribution in [0.25, 0.3) is 0 Å². The molecule has 0 radical (unpaired) electrons. The standard InChI is InChI=1S/C18H24N2O4/c1-13-7-5-6-10-18(13)16(22)20(17(23)19-18)11-14(21)12-24-15-8-3-2-4-9-15/h2-4,8-9,13-14,21H,5-7,10-12H2,1H3,(H,19,23). The number of nitrogens with zero attached hydrogens (tertiary/aromatic N) is 1. The number of aliphatic hydroxyl groups excluding tert-OH is 1. The van der Waals surface area contributed by atoms with Crippen molar-refractivity contribution in [3.63, 3.8) is 0 Å². The van der Waals surface area contributed by atoms with Crippen molar-refractivity contribution in [1.29, 1.82) is 0 Å². The lowest BCUT2D eigenvalue weighted by molar-refractivity contribution is -0.135. The zero-order valence-electron chi connectivity index (χ0n) is 13.9. The van der Waals surface area contributed by atoms with Crippen molar-refractivity contribution in [2.24, 2.45) is 5.92 Å². The maximum absolute atomic E-state index is 12.8. The van der Waals surface area contributed by atoms with Crippen molar-refractivity contribution in [1.82, 2.24) is 10.2 Å². The van der Waals surface area contributed by atoms with E-state index >= 15 is 0 Å². The molecule has 3 rings (SSSR count).